The minimum atomic E-state index is -0.978. The normalized spacial score (nSPS) is 19.9. The van der Waals surface area contributed by atoms with Crippen LogP contribution in [0.15, 0.2) is 107 Å². The zero-order chi connectivity index (χ0) is 33.6. The molecule has 246 valence electrons. The molecule has 0 amide bonds. The summed E-state index contributed by atoms with van der Waals surface area (Å²) in [5, 5.41) is 24.0. The number of likely N-dealkylation sites (tertiary alicyclic amines) is 1. The number of nitro benzene ring substituents is 1. The highest BCUT2D eigenvalue weighted by Gasteiger charge is 2.43. The monoisotopic (exact) mass is 639 g/mol. The summed E-state index contributed by atoms with van der Waals surface area (Å²) in [5.41, 5.74) is 3.16. The Bertz CT molecular complexity index is 1630. The minimum absolute atomic E-state index is 0.127. The first-order chi connectivity index (χ1) is 22.6. The van der Waals surface area contributed by atoms with Crippen molar-refractivity contribution in [3.05, 3.63) is 134 Å². The van der Waals surface area contributed by atoms with Crippen LogP contribution in [0.3, 0.4) is 0 Å². The Hall–Kier alpha value is -4.80. The van der Waals surface area contributed by atoms with E-state index in [1.165, 1.54) is 29.3 Å². The van der Waals surface area contributed by atoms with Gasteiger partial charge in [0.1, 0.15) is 12.2 Å². The van der Waals surface area contributed by atoms with Gasteiger partial charge in [0.2, 0.25) is 0 Å². The lowest BCUT2D eigenvalue weighted by Crippen LogP contribution is -2.39. The molecule has 2 unspecified atom stereocenters. The first-order valence-electron chi connectivity index (χ1n) is 15.9. The Morgan fingerprint density at radius 3 is 2.19 bits per heavy atom. The predicted molar refractivity (Wildman–Crippen MR) is 177 cm³/mol. The Balaban J connectivity index is 1.36. The number of ether oxygens (including phenoxy) is 2. The molecule has 2 N–H and O–H groups in total. The van der Waals surface area contributed by atoms with Crippen molar-refractivity contribution in [2.45, 2.75) is 51.0 Å². The van der Waals surface area contributed by atoms with E-state index >= 15 is 0 Å². The van der Waals surface area contributed by atoms with E-state index in [-0.39, 0.29) is 36.0 Å². The van der Waals surface area contributed by atoms with Crippen LogP contribution in [0.5, 0.6) is 0 Å². The van der Waals surface area contributed by atoms with Crippen LogP contribution in [0.25, 0.3) is 0 Å². The summed E-state index contributed by atoms with van der Waals surface area (Å²) in [6.07, 6.45) is 1.52. The number of nitrogens with zero attached hydrogens (tertiary/aromatic N) is 2. The summed E-state index contributed by atoms with van der Waals surface area (Å²) in [6.45, 7) is 6.81. The molecule has 0 spiro atoms. The van der Waals surface area contributed by atoms with Gasteiger partial charge in [-0.2, -0.15) is 0 Å². The van der Waals surface area contributed by atoms with Gasteiger partial charge in [0, 0.05) is 49.0 Å². The first kappa shape index (κ1) is 33.6. The van der Waals surface area contributed by atoms with Gasteiger partial charge in [0.05, 0.1) is 28.6 Å². The highest BCUT2D eigenvalue weighted by atomic mass is 16.6. The molecular weight excluding hydrogens is 598 g/mol. The lowest BCUT2D eigenvalue weighted by molar-refractivity contribution is -0.384. The maximum absolute atomic E-state index is 14.1. The number of carbonyl (C=O) groups excluding carboxylic acids is 2. The quantitative estimate of drug-likeness (QED) is 0.148. The van der Waals surface area contributed by atoms with Crippen LogP contribution in [-0.4, -0.2) is 65.3 Å². The predicted octanol–water partition coefficient (Wildman–Crippen LogP) is 5.59. The lowest BCUT2D eigenvalue weighted by Gasteiger charge is -2.33. The van der Waals surface area contributed by atoms with Crippen LogP contribution in [-0.2, 0) is 19.1 Å². The number of aliphatic hydroxyl groups excluding tert-OH is 1. The maximum atomic E-state index is 14.1. The molecule has 5 rings (SSSR count). The molecule has 0 aromatic heterocycles. The number of aliphatic hydroxyl groups is 1. The fourth-order valence-corrected chi connectivity index (χ4v) is 6.69. The molecule has 3 aromatic rings. The Labute approximate surface area is 274 Å². The number of esters is 2. The van der Waals surface area contributed by atoms with Crippen LogP contribution < -0.4 is 5.32 Å². The smallest absolute Gasteiger partial charge is 0.337 e. The van der Waals surface area contributed by atoms with Gasteiger partial charge in [-0.15, -0.1) is 0 Å². The molecule has 2 atom stereocenters. The van der Waals surface area contributed by atoms with E-state index in [1.807, 2.05) is 19.1 Å². The van der Waals surface area contributed by atoms with Crippen LogP contribution in [0.4, 0.5) is 5.69 Å². The molecule has 10 heteroatoms. The van der Waals surface area contributed by atoms with E-state index in [4.69, 9.17) is 9.47 Å². The molecule has 3 aromatic carbocycles. The standard InChI is InChI=1S/C37H41N3O7/c1-25-32(35(42)46-22-21-41)34(29-15-10-16-30(23-29)40(44)45)33(26(2)38-25)36(43)47-37(3)18-20-39(24-37)19-17-31(27-11-6-4-7-12-27)28-13-8-5-9-14-28/h4-16,23,31,34,38,41H,17-22,24H2,1-3H3. The minimum Gasteiger partial charge on any atom is -0.460 e. The zero-order valence-corrected chi connectivity index (χ0v) is 27.0. The van der Waals surface area contributed by atoms with Gasteiger partial charge in [-0.3, -0.25) is 15.0 Å². The SMILES string of the molecule is CC1=C(C(=O)OCCO)C(c2cccc([N+](=O)[O-])c2)C(C(=O)OC2(C)CCN(CCC(c3ccccc3)c3ccccc3)C2)=C(C)N1. The van der Waals surface area contributed by atoms with Crippen LogP contribution >= 0.6 is 0 Å². The highest BCUT2D eigenvalue weighted by Crippen LogP contribution is 2.41. The first-order valence-corrected chi connectivity index (χ1v) is 15.9. The number of rotatable bonds is 12. The molecule has 2 heterocycles. The van der Waals surface area contributed by atoms with Crippen molar-refractivity contribution in [3.8, 4) is 0 Å². The highest BCUT2D eigenvalue weighted by molar-refractivity contribution is 6.00. The van der Waals surface area contributed by atoms with Crippen molar-refractivity contribution in [2.24, 2.45) is 0 Å². The number of nitro groups is 1. The molecule has 10 nitrogen and oxygen atoms in total. The van der Waals surface area contributed by atoms with Gasteiger partial charge in [-0.25, -0.2) is 9.59 Å². The number of carbonyl (C=O) groups is 2. The number of hydrogen-bond acceptors (Lipinski definition) is 9. The van der Waals surface area contributed by atoms with Crippen molar-refractivity contribution >= 4 is 17.6 Å². The average molecular weight is 640 g/mol. The number of hydrogen-bond donors (Lipinski definition) is 2. The summed E-state index contributed by atoms with van der Waals surface area (Å²) in [6, 6.07) is 26.8. The van der Waals surface area contributed by atoms with Crippen molar-refractivity contribution in [2.75, 3.05) is 32.8 Å². The van der Waals surface area contributed by atoms with E-state index in [2.05, 4.69) is 58.7 Å². The lowest BCUT2D eigenvalue weighted by atomic mass is 9.80. The van der Waals surface area contributed by atoms with Gasteiger partial charge in [0.25, 0.3) is 5.69 Å². The van der Waals surface area contributed by atoms with E-state index in [9.17, 15) is 24.8 Å². The molecule has 47 heavy (non-hydrogen) atoms. The third-order valence-electron chi connectivity index (χ3n) is 8.93. The fraction of sp³-hybridized carbons (Fsp3) is 0.351. The van der Waals surface area contributed by atoms with Gasteiger partial charge in [-0.1, -0.05) is 72.8 Å². The molecule has 0 aliphatic carbocycles. The molecule has 0 saturated carbocycles. The van der Waals surface area contributed by atoms with Gasteiger partial charge >= 0.3 is 11.9 Å². The Morgan fingerprint density at radius 1 is 0.979 bits per heavy atom. The summed E-state index contributed by atoms with van der Waals surface area (Å²) < 4.78 is 11.5. The average Bonchev–Trinajstić information content (AvgIpc) is 3.44. The van der Waals surface area contributed by atoms with Crippen molar-refractivity contribution in [1.82, 2.24) is 10.2 Å². The van der Waals surface area contributed by atoms with E-state index in [0.29, 0.717) is 29.9 Å². The largest absolute Gasteiger partial charge is 0.460 e. The second-order valence-electron chi connectivity index (χ2n) is 12.4. The molecule has 0 bridgehead atoms. The molecule has 1 fully saturated rings. The summed E-state index contributed by atoms with van der Waals surface area (Å²) in [4.78, 5) is 40.8. The van der Waals surface area contributed by atoms with Crippen molar-refractivity contribution in [1.29, 1.82) is 0 Å². The number of non-ortho nitro benzene ring substituents is 1. The molecule has 2 aliphatic heterocycles. The summed E-state index contributed by atoms with van der Waals surface area (Å²) in [7, 11) is 0. The number of benzene rings is 3. The number of allylic oxidation sites excluding steroid dienone is 2. The van der Waals surface area contributed by atoms with Crippen LogP contribution in [0, 0.1) is 10.1 Å². The van der Waals surface area contributed by atoms with E-state index in [0.717, 1.165) is 19.5 Å². The third-order valence-corrected chi connectivity index (χ3v) is 8.93. The van der Waals surface area contributed by atoms with E-state index in [1.54, 1.807) is 19.9 Å². The number of dihydropyridines is 1. The van der Waals surface area contributed by atoms with Crippen molar-refractivity contribution < 1.29 is 29.1 Å². The fourth-order valence-electron chi connectivity index (χ4n) is 6.69. The van der Waals surface area contributed by atoms with E-state index < -0.39 is 28.4 Å². The molecule has 0 radical (unpaired) electrons. The molecule has 1 saturated heterocycles. The van der Waals surface area contributed by atoms with Crippen molar-refractivity contribution in [3.63, 3.8) is 0 Å². The third kappa shape index (κ3) is 7.78. The summed E-state index contributed by atoms with van der Waals surface area (Å²) in [5.74, 6) is -2.10. The van der Waals surface area contributed by atoms with Gasteiger partial charge in [-0.05, 0) is 50.4 Å². The van der Waals surface area contributed by atoms with Gasteiger partial charge in [0.15, 0.2) is 0 Å². The molecular formula is C37H41N3O7. The topological polar surface area (TPSA) is 131 Å². The second kappa shape index (κ2) is 14.7. The zero-order valence-electron chi connectivity index (χ0n) is 27.0. The maximum Gasteiger partial charge on any atom is 0.337 e. The Morgan fingerprint density at radius 2 is 1.60 bits per heavy atom. The summed E-state index contributed by atoms with van der Waals surface area (Å²) >= 11 is 0. The van der Waals surface area contributed by atoms with Crippen LogP contribution in [0.2, 0.25) is 0 Å². The molecule has 2 aliphatic rings. The number of nitrogens with one attached hydrogen (secondary N) is 1. The van der Waals surface area contributed by atoms with Gasteiger partial charge < -0.3 is 19.9 Å². The van der Waals surface area contributed by atoms with Crippen LogP contribution in [0.1, 0.15) is 62.1 Å². The Kier molecular flexibility index (Phi) is 10.5. The second-order valence-corrected chi connectivity index (χ2v) is 12.4.